The molecular formula is C25H17NO6. The number of carbonyl (C=O) groups is 1. The third kappa shape index (κ3) is 2.90. The monoisotopic (exact) mass is 427 g/mol. The van der Waals surface area contributed by atoms with E-state index in [-0.39, 0.29) is 12.7 Å². The van der Waals surface area contributed by atoms with E-state index in [1.807, 2.05) is 36.4 Å². The number of anilines is 1. The number of hydrogen-bond donors (Lipinski definition) is 1. The van der Waals surface area contributed by atoms with Crippen LogP contribution in [-0.4, -0.2) is 18.8 Å². The first-order valence-electron chi connectivity index (χ1n) is 10.2. The molecule has 0 radical (unpaired) electrons. The Hall–Kier alpha value is -4.26. The number of fused-ring (bicyclic) bond motifs is 4. The largest absolute Gasteiger partial charge is 0.478 e. The summed E-state index contributed by atoms with van der Waals surface area (Å²) in [6.45, 7) is 0.126. The lowest BCUT2D eigenvalue weighted by atomic mass is 9.88. The van der Waals surface area contributed by atoms with E-state index in [1.165, 1.54) is 0 Å². The summed E-state index contributed by atoms with van der Waals surface area (Å²) in [5.41, 5.74) is 1.53. The highest BCUT2D eigenvalue weighted by Gasteiger charge is 2.44. The van der Waals surface area contributed by atoms with Crippen molar-refractivity contribution in [3.05, 3.63) is 94.3 Å². The van der Waals surface area contributed by atoms with Crippen LogP contribution in [0.3, 0.4) is 0 Å². The van der Waals surface area contributed by atoms with E-state index in [0.717, 1.165) is 0 Å². The zero-order valence-electron chi connectivity index (χ0n) is 16.7. The van der Waals surface area contributed by atoms with Crippen LogP contribution in [-0.2, 0) is 4.79 Å². The minimum atomic E-state index is -0.973. The van der Waals surface area contributed by atoms with Gasteiger partial charge in [-0.3, -0.25) is 4.79 Å². The number of benzene rings is 3. The van der Waals surface area contributed by atoms with Crippen LogP contribution in [0.4, 0.5) is 5.69 Å². The van der Waals surface area contributed by atoms with E-state index in [4.69, 9.17) is 18.6 Å². The summed E-state index contributed by atoms with van der Waals surface area (Å²) < 4.78 is 22.7. The molecule has 2 atom stereocenters. The van der Waals surface area contributed by atoms with E-state index in [9.17, 15) is 9.59 Å². The van der Waals surface area contributed by atoms with Gasteiger partial charge in [0.1, 0.15) is 11.3 Å². The van der Waals surface area contributed by atoms with Gasteiger partial charge in [0.25, 0.3) is 5.91 Å². The van der Waals surface area contributed by atoms with Gasteiger partial charge >= 0.3 is 5.63 Å². The average Bonchev–Trinajstić information content (AvgIpc) is 3.45. The van der Waals surface area contributed by atoms with E-state index in [1.54, 1.807) is 36.4 Å². The van der Waals surface area contributed by atoms with Crippen LogP contribution in [0.15, 0.2) is 82.0 Å². The Kier molecular flexibility index (Phi) is 4.14. The molecule has 4 aromatic rings. The van der Waals surface area contributed by atoms with Crippen molar-refractivity contribution in [1.29, 1.82) is 0 Å². The van der Waals surface area contributed by atoms with Gasteiger partial charge < -0.3 is 23.9 Å². The van der Waals surface area contributed by atoms with Gasteiger partial charge in [-0.1, -0.05) is 36.4 Å². The maximum absolute atomic E-state index is 13.3. The summed E-state index contributed by atoms with van der Waals surface area (Å²) in [6.07, 6.45) is -0.973. The Balaban J connectivity index is 1.50. The first kappa shape index (κ1) is 18.5. The number of rotatable bonds is 3. The van der Waals surface area contributed by atoms with Crippen LogP contribution < -0.4 is 25.2 Å². The van der Waals surface area contributed by atoms with Crippen LogP contribution in [0.5, 0.6) is 17.2 Å². The first-order chi connectivity index (χ1) is 15.7. The van der Waals surface area contributed by atoms with Crippen LogP contribution in [0.25, 0.3) is 11.0 Å². The Bertz CT molecular complexity index is 1410. The number of nitrogens with one attached hydrogen (secondary N) is 1. The Labute approximate surface area is 182 Å². The predicted octanol–water partition coefficient (Wildman–Crippen LogP) is 4.05. The van der Waals surface area contributed by atoms with Gasteiger partial charge in [0, 0.05) is 5.69 Å². The zero-order chi connectivity index (χ0) is 21.7. The summed E-state index contributed by atoms with van der Waals surface area (Å²) in [7, 11) is 0. The van der Waals surface area contributed by atoms with Gasteiger partial charge in [0.2, 0.25) is 6.79 Å². The summed E-state index contributed by atoms with van der Waals surface area (Å²) in [6, 6.07) is 21.6. The van der Waals surface area contributed by atoms with Crippen LogP contribution in [0, 0.1) is 0 Å². The van der Waals surface area contributed by atoms with Crippen LogP contribution in [0.1, 0.15) is 17.0 Å². The van der Waals surface area contributed by atoms with E-state index in [2.05, 4.69) is 5.32 Å². The molecule has 0 unspecified atom stereocenters. The lowest BCUT2D eigenvalue weighted by molar-refractivity contribution is -0.122. The van der Waals surface area contributed by atoms with Crippen molar-refractivity contribution in [1.82, 2.24) is 0 Å². The zero-order valence-corrected chi connectivity index (χ0v) is 16.7. The number of hydrogen-bond acceptors (Lipinski definition) is 6. The maximum Gasteiger partial charge on any atom is 0.344 e. The van der Waals surface area contributed by atoms with Gasteiger partial charge in [0.05, 0.1) is 16.9 Å². The smallest absolute Gasteiger partial charge is 0.344 e. The molecular weight excluding hydrogens is 410 g/mol. The van der Waals surface area contributed by atoms with Crippen molar-refractivity contribution in [2.24, 2.45) is 0 Å². The predicted molar refractivity (Wildman–Crippen MR) is 116 cm³/mol. The molecule has 3 heterocycles. The molecule has 0 fully saturated rings. The molecule has 7 heteroatoms. The Morgan fingerprint density at radius 2 is 1.69 bits per heavy atom. The molecule has 1 amide bonds. The standard InChI is InChI=1S/C25H17NO6/c27-24(26-15-6-2-1-3-7-15)23-20(14-10-11-18-19(12-14)30-13-29-18)21-22(32-23)16-8-4-5-9-17(16)31-25(21)28/h1-12,20,23H,13H2,(H,26,27)/t20-,23+/m1/s1. The first-order valence-corrected chi connectivity index (χ1v) is 10.2. The number of para-hydroxylation sites is 2. The third-order valence-corrected chi connectivity index (χ3v) is 5.71. The molecule has 0 aliphatic carbocycles. The molecule has 2 aliphatic rings. The van der Waals surface area contributed by atoms with Gasteiger partial charge in [-0.15, -0.1) is 0 Å². The summed E-state index contributed by atoms with van der Waals surface area (Å²) in [5, 5.41) is 3.53. The molecule has 0 saturated carbocycles. The fraction of sp³-hybridized carbons (Fsp3) is 0.120. The van der Waals surface area contributed by atoms with Crippen molar-refractivity contribution in [2.45, 2.75) is 12.0 Å². The fourth-order valence-electron chi connectivity index (χ4n) is 4.27. The van der Waals surface area contributed by atoms with Crippen molar-refractivity contribution < 1.29 is 23.4 Å². The lowest BCUT2D eigenvalue weighted by Crippen LogP contribution is -2.35. The molecule has 1 aromatic heterocycles. The summed E-state index contributed by atoms with van der Waals surface area (Å²) in [4.78, 5) is 26.4. The Morgan fingerprint density at radius 1 is 0.906 bits per heavy atom. The average molecular weight is 427 g/mol. The van der Waals surface area contributed by atoms with Gasteiger partial charge in [0.15, 0.2) is 17.6 Å². The maximum atomic E-state index is 13.3. The highest BCUT2D eigenvalue weighted by Crippen LogP contribution is 2.46. The topological polar surface area (TPSA) is 87.0 Å². The third-order valence-electron chi connectivity index (χ3n) is 5.71. The lowest BCUT2D eigenvalue weighted by Gasteiger charge is -2.19. The second-order valence-electron chi connectivity index (χ2n) is 7.61. The second kappa shape index (κ2) is 7.16. The molecule has 158 valence electrons. The molecule has 3 aromatic carbocycles. The quantitative estimate of drug-likeness (QED) is 0.497. The van der Waals surface area contributed by atoms with Crippen molar-refractivity contribution in [3.8, 4) is 17.2 Å². The molecule has 0 spiro atoms. The van der Waals surface area contributed by atoms with Gasteiger partial charge in [-0.2, -0.15) is 0 Å². The molecule has 0 bridgehead atoms. The molecule has 0 saturated heterocycles. The van der Waals surface area contributed by atoms with Crippen molar-refractivity contribution in [3.63, 3.8) is 0 Å². The highest BCUT2D eigenvalue weighted by molar-refractivity contribution is 5.97. The van der Waals surface area contributed by atoms with Crippen LogP contribution in [0.2, 0.25) is 0 Å². The Morgan fingerprint density at radius 3 is 2.56 bits per heavy atom. The summed E-state index contributed by atoms with van der Waals surface area (Å²) >= 11 is 0. The SMILES string of the molecule is O=C(Nc1ccccc1)[C@H]1Oc2c(c(=O)oc3ccccc23)[C@H]1c1ccc2c(c1)OCO2. The minimum Gasteiger partial charge on any atom is -0.478 e. The van der Waals surface area contributed by atoms with Crippen LogP contribution >= 0.6 is 0 Å². The van der Waals surface area contributed by atoms with Gasteiger partial charge in [-0.25, -0.2) is 4.79 Å². The second-order valence-corrected chi connectivity index (χ2v) is 7.61. The molecule has 32 heavy (non-hydrogen) atoms. The van der Waals surface area contributed by atoms with Crippen molar-refractivity contribution in [2.75, 3.05) is 12.1 Å². The van der Waals surface area contributed by atoms with E-state index < -0.39 is 17.6 Å². The highest BCUT2D eigenvalue weighted by atomic mass is 16.7. The molecule has 1 N–H and O–H groups in total. The van der Waals surface area contributed by atoms with Gasteiger partial charge in [-0.05, 0) is 42.0 Å². The molecule has 6 rings (SSSR count). The van der Waals surface area contributed by atoms with E-state index >= 15 is 0 Å². The number of carbonyl (C=O) groups excluding carboxylic acids is 1. The molecule has 7 nitrogen and oxygen atoms in total. The fourth-order valence-corrected chi connectivity index (χ4v) is 4.27. The normalized spacial score (nSPS) is 18.2. The minimum absolute atomic E-state index is 0.126. The summed E-state index contributed by atoms with van der Waals surface area (Å²) in [5.74, 6) is 0.502. The van der Waals surface area contributed by atoms with E-state index in [0.29, 0.717) is 45.0 Å². The molecule has 2 aliphatic heterocycles. The number of amides is 1. The van der Waals surface area contributed by atoms with Crippen molar-refractivity contribution >= 4 is 22.6 Å². The number of ether oxygens (including phenoxy) is 3.